The number of rotatable bonds is 3. The largest absolute Gasteiger partial charge is 0.148 e. The summed E-state index contributed by atoms with van der Waals surface area (Å²) in [5.41, 5.74) is 0. The van der Waals surface area contributed by atoms with E-state index >= 15 is 0 Å². The van der Waals surface area contributed by atoms with Gasteiger partial charge in [0, 0.05) is 5.88 Å². The smallest absolute Gasteiger partial charge is 0.0835 e. The fourth-order valence-corrected chi connectivity index (χ4v) is 12.7. The molecule has 0 spiro atoms. The summed E-state index contributed by atoms with van der Waals surface area (Å²) >= 11 is 10.5. The Morgan fingerprint density at radius 2 is 1.69 bits per heavy atom. The molecule has 0 aromatic heterocycles. The molecule has 16 heavy (non-hydrogen) atoms. The van der Waals surface area contributed by atoms with Crippen molar-refractivity contribution in [2.24, 2.45) is 0 Å². The predicted molar refractivity (Wildman–Crippen MR) is 84.8 cm³/mol. The molecular formula is C12H25ClS2Si. The second kappa shape index (κ2) is 5.46. The summed E-state index contributed by atoms with van der Waals surface area (Å²) < 4.78 is 0.450. The summed E-state index contributed by atoms with van der Waals surface area (Å²) in [6.07, 6.45) is 2.55. The molecule has 1 heterocycles. The summed E-state index contributed by atoms with van der Waals surface area (Å²) in [6, 6.07) is 0. The van der Waals surface area contributed by atoms with Crippen LogP contribution in [0, 0.1) is 0 Å². The lowest BCUT2D eigenvalue weighted by molar-refractivity contribution is 0.696. The van der Waals surface area contributed by atoms with Gasteiger partial charge in [-0.1, -0.05) is 33.9 Å². The highest BCUT2D eigenvalue weighted by molar-refractivity contribution is 8.21. The maximum atomic E-state index is 6.08. The van der Waals surface area contributed by atoms with Crippen LogP contribution in [0.1, 0.15) is 33.6 Å². The number of alkyl halides is 1. The van der Waals surface area contributed by atoms with Gasteiger partial charge in [-0.25, -0.2) is 0 Å². The molecule has 0 amide bonds. The van der Waals surface area contributed by atoms with E-state index in [-0.39, 0.29) is 0 Å². The van der Waals surface area contributed by atoms with Crippen molar-refractivity contribution in [3.63, 3.8) is 0 Å². The van der Waals surface area contributed by atoms with Crippen LogP contribution < -0.4 is 0 Å². The summed E-state index contributed by atoms with van der Waals surface area (Å²) in [7, 11) is -1.33. The van der Waals surface area contributed by atoms with Crippen molar-refractivity contribution in [3.8, 4) is 0 Å². The topological polar surface area (TPSA) is 0 Å². The minimum Gasteiger partial charge on any atom is -0.148 e. The molecule has 0 aliphatic carbocycles. The SMILES string of the molecule is CC(C)(C)[Si](C)(C)C1(CCCl)SCCCS1. The Morgan fingerprint density at radius 3 is 2.06 bits per heavy atom. The molecule has 0 atom stereocenters. The van der Waals surface area contributed by atoms with Crippen LogP contribution in [0.4, 0.5) is 0 Å². The Hall–Kier alpha value is 1.21. The zero-order valence-electron chi connectivity index (χ0n) is 11.2. The quantitative estimate of drug-likeness (QED) is 0.517. The van der Waals surface area contributed by atoms with E-state index in [1.807, 2.05) is 0 Å². The van der Waals surface area contributed by atoms with Crippen LogP contribution in [-0.2, 0) is 0 Å². The van der Waals surface area contributed by atoms with Gasteiger partial charge in [-0.15, -0.1) is 35.1 Å². The molecule has 0 saturated carbocycles. The third kappa shape index (κ3) is 2.78. The minimum atomic E-state index is -1.33. The van der Waals surface area contributed by atoms with E-state index in [4.69, 9.17) is 11.6 Å². The van der Waals surface area contributed by atoms with Crippen molar-refractivity contribution in [1.29, 1.82) is 0 Å². The fourth-order valence-electron chi connectivity index (χ4n) is 2.09. The lowest BCUT2D eigenvalue weighted by Gasteiger charge is -2.53. The lowest BCUT2D eigenvalue weighted by atomic mass is 10.2. The van der Waals surface area contributed by atoms with Crippen LogP contribution in [0.5, 0.6) is 0 Å². The standard InChI is InChI=1S/C12H25ClS2Si/c1-11(2,3)16(4,5)12(7-8-13)14-9-6-10-15-12/h6-10H2,1-5H3. The predicted octanol–water partition coefficient (Wildman–Crippen LogP) is 5.23. The van der Waals surface area contributed by atoms with Crippen LogP contribution in [0.3, 0.4) is 0 Å². The van der Waals surface area contributed by atoms with Gasteiger partial charge in [-0.2, -0.15) is 0 Å². The van der Waals surface area contributed by atoms with Gasteiger partial charge >= 0.3 is 0 Å². The van der Waals surface area contributed by atoms with Crippen LogP contribution in [0.25, 0.3) is 0 Å². The van der Waals surface area contributed by atoms with Gasteiger partial charge in [0.05, 0.1) is 11.8 Å². The first-order valence-electron chi connectivity index (χ1n) is 6.11. The first-order valence-corrected chi connectivity index (χ1v) is 11.6. The third-order valence-electron chi connectivity index (χ3n) is 4.21. The van der Waals surface area contributed by atoms with Crippen molar-refractivity contribution < 1.29 is 0 Å². The van der Waals surface area contributed by atoms with Crippen molar-refractivity contribution in [1.82, 2.24) is 0 Å². The van der Waals surface area contributed by atoms with Gasteiger partial charge in [0.25, 0.3) is 0 Å². The maximum Gasteiger partial charge on any atom is 0.0835 e. The van der Waals surface area contributed by atoms with Crippen LogP contribution >= 0.6 is 35.1 Å². The molecule has 0 N–H and O–H groups in total. The fraction of sp³-hybridized carbons (Fsp3) is 1.00. The highest BCUT2D eigenvalue weighted by Crippen LogP contribution is 2.57. The Labute approximate surface area is 116 Å². The first-order chi connectivity index (χ1) is 7.27. The van der Waals surface area contributed by atoms with E-state index in [9.17, 15) is 0 Å². The summed E-state index contributed by atoms with van der Waals surface area (Å²) in [4.78, 5) is 0. The zero-order valence-corrected chi connectivity index (χ0v) is 14.6. The molecule has 1 aliphatic heterocycles. The molecule has 1 rings (SSSR count). The molecule has 0 radical (unpaired) electrons. The van der Waals surface area contributed by atoms with E-state index in [0.717, 1.165) is 5.88 Å². The van der Waals surface area contributed by atoms with Crippen LogP contribution in [0.2, 0.25) is 18.1 Å². The number of thioether (sulfide) groups is 2. The van der Waals surface area contributed by atoms with Gasteiger partial charge < -0.3 is 0 Å². The van der Waals surface area contributed by atoms with Gasteiger partial charge in [-0.05, 0) is 29.4 Å². The van der Waals surface area contributed by atoms with Crippen LogP contribution in [-0.4, -0.2) is 29.2 Å². The highest BCUT2D eigenvalue weighted by Gasteiger charge is 2.53. The number of hydrogen-bond donors (Lipinski definition) is 0. The van der Waals surface area contributed by atoms with E-state index in [0.29, 0.717) is 8.74 Å². The minimum absolute atomic E-state index is 0.450. The van der Waals surface area contributed by atoms with E-state index in [1.165, 1.54) is 24.3 Å². The molecule has 0 unspecified atom stereocenters. The average Bonchev–Trinajstić information content (AvgIpc) is 2.17. The van der Waals surface area contributed by atoms with E-state index in [1.54, 1.807) is 0 Å². The average molecular weight is 297 g/mol. The molecule has 1 aliphatic rings. The zero-order chi connectivity index (χ0) is 12.4. The van der Waals surface area contributed by atoms with Gasteiger partial charge in [-0.3, -0.25) is 0 Å². The monoisotopic (exact) mass is 296 g/mol. The lowest BCUT2D eigenvalue weighted by Crippen LogP contribution is -2.57. The third-order valence-corrected chi connectivity index (χ3v) is 17.3. The second-order valence-electron chi connectivity index (χ2n) is 6.12. The van der Waals surface area contributed by atoms with Gasteiger partial charge in [0.1, 0.15) is 0 Å². The molecule has 1 saturated heterocycles. The Kier molecular flexibility index (Phi) is 5.21. The Bertz CT molecular complexity index is 224. The van der Waals surface area contributed by atoms with Crippen molar-refractivity contribution in [2.75, 3.05) is 17.4 Å². The molecule has 0 bridgehead atoms. The second-order valence-corrected chi connectivity index (χ2v) is 15.9. The van der Waals surface area contributed by atoms with Gasteiger partial charge in [0.2, 0.25) is 0 Å². The molecule has 0 nitrogen and oxygen atoms in total. The molecule has 4 heteroatoms. The summed E-state index contributed by atoms with van der Waals surface area (Å²) in [5, 5.41) is 0.455. The summed E-state index contributed by atoms with van der Waals surface area (Å²) in [6.45, 7) is 12.4. The molecular weight excluding hydrogens is 272 g/mol. The van der Waals surface area contributed by atoms with E-state index < -0.39 is 8.07 Å². The molecule has 0 aromatic carbocycles. The van der Waals surface area contributed by atoms with Gasteiger partial charge in [0.15, 0.2) is 0 Å². The van der Waals surface area contributed by atoms with E-state index in [2.05, 4.69) is 57.4 Å². The van der Waals surface area contributed by atoms with Crippen molar-refractivity contribution in [3.05, 3.63) is 0 Å². The molecule has 1 fully saturated rings. The Morgan fingerprint density at radius 1 is 1.19 bits per heavy atom. The molecule has 0 aromatic rings. The summed E-state index contributed by atoms with van der Waals surface area (Å²) in [5.74, 6) is 3.47. The molecule has 96 valence electrons. The first kappa shape index (κ1) is 15.3. The normalized spacial score (nSPS) is 22.1. The number of hydrogen-bond acceptors (Lipinski definition) is 2. The van der Waals surface area contributed by atoms with Crippen molar-refractivity contribution in [2.45, 2.75) is 55.4 Å². The van der Waals surface area contributed by atoms with Crippen molar-refractivity contribution >= 4 is 43.2 Å². The maximum absolute atomic E-state index is 6.08. The highest BCUT2D eigenvalue weighted by atomic mass is 35.5. The van der Waals surface area contributed by atoms with Crippen LogP contribution in [0.15, 0.2) is 0 Å². The number of halogens is 1. The Balaban J connectivity index is 3.00.